The smallest absolute Gasteiger partial charge is 0.102 e. The van der Waals surface area contributed by atoms with E-state index in [1.165, 1.54) is 12.8 Å². The highest BCUT2D eigenvalue weighted by molar-refractivity contribution is 5.97. The molecule has 0 bridgehead atoms. The number of nitriles is 1. The fraction of sp³-hybridized carbons (Fsp3) is 0.385. The van der Waals surface area contributed by atoms with Crippen LogP contribution < -0.4 is 5.32 Å². The number of nitrogens with one attached hydrogen (secondary N) is 1. The molecule has 1 aromatic carbocycles. The largest absolute Gasteiger partial charge is 0.343 e. The van der Waals surface area contributed by atoms with Crippen molar-refractivity contribution in [2.24, 2.45) is 4.99 Å². The van der Waals surface area contributed by atoms with Crippen LogP contribution in [0, 0.1) is 18.3 Å². The third-order valence-corrected chi connectivity index (χ3v) is 2.79. The number of hydrogen-bond donors (Lipinski definition) is 1. The fourth-order valence-corrected chi connectivity index (χ4v) is 1.88. The number of anilines is 1. The summed E-state index contributed by atoms with van der Waals surface area (Å²) in [7, 11) is 0. The summed E-state index contributed by atoms with van der Waals surface area (Å²) in [6.45, 7) is 2.85. The molecular formula is C13H15N3. The van der Waals surface area contributed by atoms with Gasteiger partial charge >= 0.3 is 0 Å². The number of rotatable bonds is 1. The zero-order valence-electron chi connectivity index (χ0n) is 9.45. The summed E-state index contributed by atoms with van der Waals surface area (Å²) in [5.74, 6) is 1.01. The van der Waals surface area contributed by atoms with Crippen molar-refractivity contribution in [2.45, 2.75) is 26.2 Å². The second kappa shape index (κ2) is 4.80. The van der Waals surface area contributed by atoms with Crippen molar-refractivity contribution >= 4 is 11.5 Å². The van der Waals surface area contributed by atoms with Gasteiger partial charge in [0.2, 0.25) is 0 Å². The van der Waals surface area contributed by atoms with E-state index in [-0.39, 0.29) is 0 Å². The molecule has 0 spiro atoms. The van der Waals surface area contributed by atoms with Crippen LogP contribution in [0.5, 0.6) is 0 Å². The average Bonchev–Trinajstić information content (AvgIpc) is 2.31. The minimum absolute atomic E-state index is 0.718. The number of aryl methyl sites for hydroxylation is 1. The SMILES string of the molecule is Cc1cccc(NC2=NCCCC2)c1C#N. The Morgan fingerprint density at radius 1 is 1.38 bits per heavy atom. The first-order valence-electron chi connectivity index (χ1n) is 5.61. The van der Waals surface area contributed by atoms with Gasteiger partial charge < -0.3 is 5.32 Å². The average molecular weight is 213 g/mol. The van der Waals surface area contributed by atoms with Crippen LogP contribution in [0.3, 0.4) is 0 Å². The zero-order valence-corrected chi connectivity index (χ0v) is 9.45. The molecule has 16 heavy (non-hydrogen) atoms. The standard InChI is InChI=1S/C13H15N3/c1-10-5-4-6-12(11(10)9-14)16-13-7-2-3-8-15-13/h4-6H,2-3,7-8H2,1H3,(H,15,16). The topological polar surface area (TPSA) is 48.2 Å². The Morgan fingerprint density at radius 2 is 2.25 bits per heavy atom. The van der Waals surface area contributed by atoms with Gasteiger partial charge in [-0.2, -0.15) is 5.26 Å². The van der Waals surface area contributed by atoms with E-state index in [2.05, 4.69) is 16.4 Å². The lowest BCUT2D eigenvalue weighted by molar-refractivity contribution is 0.737. The first-order chi connectivity index (χ1) is 7.81. The van der Waals surface area contributed by atoms with Gasteiger partial charge in [0.15, 0.2) is 0 Å². The third-order valence-electron chi connectivity index (χ3n) is 2.79. The molecule has 3 nitrogen and oxygen atoms in total. The number of benzene rings is 1. The van der Waals surface area contributed by atoms with Crippen LogP contribution in [-0.2, 0) is 0 Å². The van der Waals surface area contributed by atoms with Crippen LogP contribution in [0.2, 0.25) is 0 Å². The Morgan fingerprint density at radius 3 is 2.94 bits per heavy atom. The Bertz CT molecular complexity index is 455. The maximum atomic E-state index is 9.10. The number of nitrogens with zero attached hydrogens (tertiary/aromatic N) is 2. The molecule has 1 heterocycles. The second-order valence-electron chi connectivity index (χ2n) is 4.02. The summed E-state index contributed by atoms with van der Waals surface area (Å²) < 4.78 is 0. The molecule has 0 saturated carbocycles. The van der Waals surface area contributed by atoms with E-state index >= 15 is 0 Å². The van der Waals surface area contributed by atoms with Crippen molar-refractivity contribution in [2.75, 3.05) is 11.9 Å². The van der Waals surface area contributed by atoms with Gasteiger partial charge in [0.1, 0.15) is 11.9 Å². The Hall–Kier alpha value is -1.82. The maximum Gasteiger partial charge on any atom is 0.102 e. The van der Waals surface area contributed by atoms with Crippen LogP contribution in [0.1, 0.15) is 30.4 Å². The molecule has 2 rings (SSSR count). The molecule has 0 atom stereocenters. The van der Waals surface area contributed by atoms with E-state index < -0.39 is 0 Å². The van der Waals surface area contributed by atoms with Crippen LogP contribution in [0.4, 0.5) is 5.69 Å². The first-order valence-corrected chi connectivity index (χ1v) is 5.61. The van der Waals surface area contributed by atoms with E-state index in [9.17, 15) is 0 Å². The van der Waals surface area contributed by atoms with Crippen LogP contribution in [0.25, 0.3) is 0 Å². The summed E-state index contributed by atoms with van der Waals surface area (Å²) in [4.78, 5) is 4.43. The van der Waals surface area contributed by atoms with E-state index in [1.54, 1.807) is 0 Å². The molecule has 1 aliphatic rings. The Balaban J connectivity index is 2.24. The van der Waals surface area contributed by atoms with Crippen molar-refractivity contribution in [1.82, 2.24) is 0 Å². The highest BCUT2D eigenvalue weighted by Crippen LogP contribution is 2.19. The molecule has 3 heteroatoms. The van der Waals surface area contributed by atoms with Gasteiger partial charge in [-0.15, -0.1) is 0 Å². The predicted molar refractivity (Wildman–Crippen MR) is 65.7 cm³/mol. The maximum absolute atomic E-state index is 9.10. The van der Waals surface area contributed by atoms with Gasteiger partial charge in [-0.25, -0.2) is 0 Å². The quantitative estimate of drug-likeness (QED) is 0.779. The van der Waals surface area contributed by atoms with Crippen LogP contribution >= 0.6 is 0 Å². The summed E-state index contributed by atoms with van der Waals surface area (Å²) >= 11 is 0. The number of aliphatic imine (C=N–C) groups is 1. The molecule has 1 aliphatic heterocycles. The second-order valence-corrected chi connectivity index (χ2v) is 4.02. The summed E-state index contributed by atoms with van der Waals surface area (Å²) in [6, 6.07) is 8.08. The minimum atomic E-state index is 0.718. The van der Waals surface area contributed by atoms with Gasteiger partial charge in [-0.05, 0) is 31.4 Å². The van der Waals surface area contributed by atoms with Crippen LogP contribution in [-0.4, -0.2) is 12.4 Å². The molecule has 0 aliphatic carbocycles. The van der Waals surface area contributed by atoms with E-state index in [1.807, 2.05) is 25.1 Å². The van der Waals surface area contributed by atoms with E-state index in [4.69, 9.17) is 5.26 Å². The Labute approximate surface area is 95.8 Å². The Kier molecular flexibility index (Phi) is 3.21. The van der Waals surface area contributed by atoms with Gasteiger partial charge in [-0.1, -0.05) is 12.1 Å². The molecule has 0 fully saturated rings. The molecule has 0 amide bonds. The first kappa shape index (κ1) is 10.7. The van der Waals surface area contributed by atoms with Gasteiger partial charge in [-0.3, -0.25) is 4.99 Å². The monoisotopic (exact) mass is 213 g/mol. The normalized spacial score (nSPS) is 15.1. The van der Waals surface area contributed by atoms with E-state index in [0.29, 0.717) is 0 Å². The molecule has 0 aromatic heterocycles. The summed E-state index contributed by atoms with van der Waals surface area (Å²) in [6.07, 6.45) is 3.34. The van der Waals surface area contributed by atoms with E-state index in [0.717, 1.165) is 35.6 Å². The van der Waals surface area contributed by atoms with Crippen molar-refractivity contribution in [3.8, 4) is 6.07 Å². The molecule has 0 unspecified atom stereocenters. The highest BCUT2D eigenvalue weighted by Gasteiger charge is 2.09. The summed E-state index contributed by atoms with van der Waals surface area (Å²) in [5.41, 5.74) is 2.60. The molecule has 1 N–H and O–H groups in total. The summed E-state index contributed by atoms with van der Waals surface area (Å²) in [5, 5.41) is 12.4. The van der Waals surface area contributed by atoms with Gasteiger partial charge in [0.05, 0.1) is 11.3 Å². The number of amidine groups is 1. The zero-order chi connectivity index (χ0) is 11.4. The van der Waals surface area contributed by atoms with Gasteiger partial charge in [0, 0.05) is 13.0 Å². The lowest BCUT2D eigenvalue weighted by atomic mass is 10.1. The molecule has 0 saturated heterocycles. The highest BCUT2D eigenvalue weighted by atomic mass is 15.0. The molecule has 0 radical (unpaired) electrons. The van der Waals surface area contributed by atoms with Crippen molar-refractivity contribution in [1.29, 1.82) is 5.26 Å². The van der Waals surface area contributed by atoms with Gasteiger partial charge in [0.25, 0.3) is 0 Å². The molecule has 82 valence electrons. The predicted octanol–water partition coefficient (Wildman–Crippen LogP) is 2.86. The van der Waals surface area contributed by atoms with Crippen molar-refractivity contribution in [3.63, 3.8) is 0 Å². The minimum Gasteiger partial charge on any atom is -0.343 e. The molecular weight excluding hydrogens is 198 g/mol. The molecule has 1 aromatic rings. The third kappa shape index (κ3) is 2.22. The lowest BCUT2D eigenvalue weighted by Gasteiger charge is -2.15. The van der Waals surface area contributed by atoms with Crippen molar-refractivity contribution in [3.05, 3.63) is 29.3 Å². The number of hydrogen-bond acceptors (Lipinski definition) is 3. The fourth-order valence-electron chi connectivity index (χ4n) is 1.88. The van der Waals surface area contributed by atoms with Crippen molar-refractivity contribution < 1.29 is 0 Å². The van der Waals surface area contributed by atoms with Crippen LogP contribution in [0.15, 0.2) is 23.2 Å². The lowest BCUT2D eigenvalue weighted by Crippen LogP contribution is -2.17.